The quantitative estimate of drug-likeness (QED) is 0.861. The Bertz CT molecular complexity index is 559. The van der Waals surface area contributed by atoms with Gasteiger partial charge in [0, 0.05) is 12.6 Å². The second-order valence-electron chi connectivity index (χ2n) is 5.97. The van der Waals surface area contributed by atoms with Gasteiger partial charge in [-0.2, -0.15) is 0 Å². The highest BCUT2D eigenvalue weighted by Gasteiger charge is 2.21. The molecule has 1 nitrogen and oxygen atoms in total. The molecule has 1 aliphatic carbocycles. The van der Waals surface area contributed by atoms with Crippen molar-refractivity contribution >= 4 is 0 Å². The molecule has 21 heavy (non-hydrogen) atoms. The Kier molecular flexibility index (Phi) is 4.66. The van der Waals surface area contributed by atoms with Gasteiger partial charge in [0.05, 0.1) is 0 Å². The molecule has 0 spiro atoms. The summed E-state index contributed by atoms with van der Waals surface area (Å²) in [6, 6.07) is 18.2. The minimum atomic E-state index is -0.151. The zero-order valence-electron chi connectivity index (χ0n) is 12.3. The molecule has 1 aliphatic rings. The molecule has 0 saturated heterocycles. The first-order chi connectivity index (χ1) is 10.3. The summed E-state index contributed by atoms with van der Waals surface area (Å²) in [5.41, 5.74) is 2.50. The highest BCUT2D eigenvalue weighted by atomic mass is 19.1. The molecule has 2 heteroatoms. The van der Waals surface area contributed by atoms with Gasteiger partial charge in [0.15, 0.2) is 0 Å². The summed E-state index contributed by atoms with van der Waals surface area (Å²) >= 11 is 0. The van der Waals surface area contributed by atoms with Crippen molar-refractivity contribution in [2.45, 2.75) is 44.2 Å². The molecule has 0 radical (unpaired) electrons. The monoisotopic (exact) mass is 283 g/mol. The second kappa shape index (κ2) is 6.86. The van der Waals surface area contributed by atoms with Gasteiger partial charge >= 0.3 is 0 Å². The van der Waals surface area contributed by atoms with E-state index in [0.717, 1.165) is 12.1 Å². The van der Waals surface area contributed by atoms with Crippen molar-refractivity contribution in [1.82, 2.24) is 5.32 Å². The smallest absolute Gasteiger partial charge is 0.123 e. The van der Waals surface area contributed by atoms with E-state index < -0.39 is 0 Å². The molecule has 0 heterocycles. The zero-order valence-corrected chi connectivity index (χ0v) is 12.3. The summed E-state index contributed by atoms with van der Waals surface area (Å²) in [5.74, 6) is 0.556. The van der Waals surface area contributed by atoms with Crippen LogP contribution in [0.2, 0.25) is 0 Å². The van der Waals surface area contributed by atoms with Crippen LogP contribution >= 0.6 is 0 Å². The van der Waals surface area contributed by atoms with Gasteiger partial charge in [-0.05, 0) is 54.9 Å². The van der Waals surface area contributed by atoms with E-state index in [4.69, 9.17) is 0 Å². The van der Waals surface area contributed by atoms with Gasteiger partial charge in [-0.3, -0.25) is 0 Å². The van der Waals surface area contributed by atoms with Crippen LogP contribution in [0.15, 0.2) is 54.6 Å². The first-order valence-electron chi connectivity index (χ1n) is 7.84. The molecular weight excluding hydrogens is 261 g/mol. The molecule has 2 aromatic carbocycles. The van der Waals surface area contributed by atoms with Gasteiger partial charge in [-0.1, -0.05) is 42.5 Å². The fraction of sp³-hybridized carbons (Fsp3) is 0.368. The fourth-order valence-corrected chi connectivity index (χ4v) is 3.27. The van der Waals surface area contributed by atoms with Gasteiger partial charge in [-0.25, -0.2) is 4.39 Å². The molecule has 0 amide bonds. The summed E-state index contributed by atoms with van der Waals surface area (Å²) < 4.78 is 13.1. The third-order valence-electron chi connectivity index (χ3n) is 4.48. The molecule has 1 fully saturated rings. The van der Waals surface area contributed by atoms with Crippen LogP contribution in [0.25, 0.3) is 0 Å². The highest BCUT2D eigenvalue weighted by Crippen LogP contribution is 2.32. The molecule has 1 saturated carbocycles. The SMILES string of the molecule is Fc1cccc(CNC2CCC(c3ccccc3)CC2)c1. The number of benzene rings is 2. The minimum absolute atomic E-state index is 0.151. The summed E-state index contributed by atoms with van der Waals surface area (Å²) in [6.45, 7) is 0.762. The lowest BCUT2D eigenvalue weighted by molar-refractivity contribution is 0.341. The van der Waals surface area contributed by atoms with Crippen LogP contribution in [0, 0.1) is 5.82 Å². The molecule has 3 rings (SSSR count). The van der Waals surface area contributed by atoms with Crippen LogP contribution in [-0.4, -0.2) is 6.04 Å². The Morgan fingerprint density at radius 3 is 2.38 bits per heavy atom. The van der Waals surface area contributed by atoms with Crippen molar-refractivity contribution in [1.29, 1.82) is 0 Å². The third kappa shape index (κ3) is 3.92. The first-order valence-corrected chi connectivity index (χ1v) is 7.84. The van der Waals surface area contributed by atoms with Crippen molar-refractivity contribution in [3.63, 3.8) is 0 Å². The minimum Gasteiger partial charge on any atom is -0.310 e. The van der Waals surface area contributed by atoms with E-state index in [1.807, 2.05) is 6.07 Å². The number of rotatable bonds is 4. The molecule has 0 bridgehead atoms. The Morgan fingerprint density at radius 2 is 1.67 bits per heavy atom. The average Bonchev–Trinajstić information content (AvgIpc) is 2.54. The molecular formula is C19H22FN. The highest BCUT2D eigenvalue weighted by molar-refractivity contribution is 5.20. The maximum atomic E-state index is 13.1. The molecule has 110 valence electrons. The zero-order chi connectivity index (χ0) is 14.5. The van der Waals surface area contributed by atoms with Gasteiger partial charge < -0.3 is 5.32 Å². The lowest BCUT2D eigenvalue weighted by atomic mass is 9.82. The Hall–Kier alpha value is -1.67. The van der Waals surface area contributed by atoms with E-state index in [1.54, 1.807) is 12.1 Å². The summed E-state index contributed by atoms with van der Waals surface area (Å²) in [6.07, 6.45) is 4.89. The number of nitrogens with one attached hydrogen (secondary N) is 1. The van der Waals surface area contributed by atoms with Crippen molar-refractivity contribution < 1.29 is 4.39 Å². The largest absolute Gasteiger partial charge is 0.310 e. The van der Waals surface area contributed by atoms with Crippen molar-refractivity contribution in [3.05, 3.63) is 71.5 Å². The van der Waals surface area contributed by atoms with Crippen LogP contribution < -0.4 is 5.32 Å². The summed E-state index contributed by atoms with van der Waals surface area (Å²) in [7, 11) is 0. The molecule has 0 atom stereocenters. The lowest BCUT2D eigenvalue weighted by Crippen LogP contribution is -2.32. The van der Waals surface area contributed by atoms with E-state index in [2.05, 4.69) is 35.6 Å². The number of hydrogen-bond acceptors (Lipinski definition) is 1. The van der Waals surface area contributed by atoms with Crippen molar-refractivity contribution in [2.75, 3.05) is 0 Å². The van der Waals surface area contributed by atoms with E-state index in [9.17, 15) is 4.39 Å². The van der Waals surface area contributed by atoms with Gasteiger partial charge in [-0.15, -0.1) is 0 Å². The second-order valence-corrected chi connectivity index (χ2v) is 5.97. The number of hydrogen-bond donors (Lipinski definition) is 1. The van der Waals surface area contributed by atoms with Crippen LogP contribution in [-0.2, 0) is 6.54 Å². The van der Waals surface area contributed by atoms with Crippen LogP contribution in [0.1, 0.15) is 42.7 Å². The van der Waals surface area contributed by atoms with Crippen LogP contribution in [0.5, 0.6) is 0 Å². The maximum Gasteiger partial charge on any atom is 0.123 e. The molecule has 2 aromatic rings. The predicted molar refractivity (Wildman–Crippen MR) is 84.7 cm³/mol. The standard InChI is InChI=1S/C19H22FN/c20-18-8-4-5-15(13-18)14-21-19-11-9-17(10-12-19)16-6-2-1-3-7-16/h1-8,13,17,19,21H,9-12,14H2. The average molecular weight is 283 g/mol. The van der Waals surface area contributed by atoms with E-state index >= 15 is 0 Å². The maximum absolute atomic E-state index is 13.1. The summed E-state index contributed by atoms with van der Waals surface area (Å²) in [4.78, 5) is 0. The van der Waals surface area contributed by atoms with Crippen molar-refractivity contribution in [2.24, 2.45) is 0 Å². The van der Waals surface area contributed by atoms with Gasteiger partial charge in [0.2, 0.25) is 0 Å². The molecule has 0 aliphatic heterocycles. The van der Waals surface area contributed by atoms with Crippen LogP contribution in [0.4, 0.5) is 4.39 Å². The molecule has 1 N–H and O–H groups in total. The third-order valence-corrected chi connectivity index (χ3v) is 4.48. The van der Waals surface area contributed by atoms with E-state index in [1.165, 1.54) is 37.3 Å². The van der Waals surface area contributed by atoms with Gasteiger partial charge in [0.25, 0.3) is 0 Å². The topological polar surface area (TPSA) is 12.0 Å². The summed E-state index contributed by atoms with van der Waals surface area (Å²) in [5, 5.41) is 3.57. The van der Waals surface area contributed by atoms with E-state index in [-0.39, 0.29) is 5.82 Å². The first kappa shape index (κ1) is 14.3. The number of halogens is 1. The Labute approximate surface area is 126 Å². The van der Waals surface area contributed by atoms with E-state index in [0.29, 0.717) is 12.0 Å². The van der Waals surface area contributed by atoms with Crippen molar-refractivity contribution in [3.8, 4) is 0 Å². The normalized spacial score (nSPS) is 22.1. The molecule has 0 unspecified atom stereocenters. The fourth-order valence-electron chi connectivity index (χ4n) is 3.27. The van der Waals surface area contributed by atoms with Gasteiger partial charge in [0.1, 0.15) is 5.82 Å². The molecule has 0 aromatic heterocycles. The lowest BCUT2D eigenvalue weighted by Gasteiger charge is -2.29. The Morgan fingerprint density at radius 1 is 0.905 bits per heavy atom. The predicted octanol–water partition coefficient (Wildman–Crippen LogP) is 4.64. The Balaban J connectivity index is 1.48. The van der Waals surface area contributed by atoms with Crippen LogP contribution in [0.3, 0.4) is 0 Å².